The van der Waals surface area contributed by atoms with E-state index in [-0.39, 0.29) is 37.8 Å². The monoisotopic (exact) mass is 531 g/mol. The molecule has 1 atom stereocenters. The molecule has 0 saturated heterocycles. The van der Waals surface area contributed by atoms with Crippen molar-refractivity contribution in [2.24, 2.45) is 0 Å². The maximum Gasteiger partial charge on any atom is 0.322 e. The van der Waals surface area contributed by atoms with Gasteiger partial charge in [0.2, 0.25) is 0 Å². The van der Waals surface area contributed by atoms with Gasteiger partial charge in [0, 0.05) is 12.1 Å². The number of hydrogen-bond acceptors (Lipinski definition) is 7. The smallest absolute Gasteiger partial charge is 0.322 e. The Morgan fingerprint density at radius 2 is 1.69 bits per heavy atom. The van der Waals surface area contributed by atoms with Gasteiger partial charge in [-0.1, -0.05) is 41.9 Å². The topological polar surface area (TPSA) is 153 Å². The summed E-state index contributed by atoms with van der Waals surface area (Å²) in [6.07, 6.45) is 0. The summed E-state index contributed by atoms with van der Waals surface area (Å²) in [7, 11) is -4.51. The first kappa shape index (κ1) is 26.7. The number of sulfonamides is 1. The Morgan fingerprint density at radius 3 is 2.31 bits per heavy atom. The van der Waals surface area contributed by atoms with Gasteiger partial charge in [-0.15, -0.1) is 0 Å². The summed E-state index contributed by atoms with van der Waals surface area (Å²) in [6.45, 7) is 1.29. The van der Waals surface area contributed by atoms with E-state index in [0.717, 1.165) is 0 Å². The number of amides is 2. The lowest BCUT2D eigenvalue weighted by molar-refractivity contribution is -0.139. The van der Waals surface area contributed by atoms with Crippen LogP contribution in [-0.2, 0) is 21.4 Å². The summed E-state index contributed by atoms with van der Waals surface area (Å²) in [5.74, 6) is -3.00. The van der Waals surface area contributed by atoms with E-state index in [1.165, 1.54) is 61.5 Å². The molecule has 0 aromatic heterocycles. The van der Waals surface area contributed by atoms with Crippen molar-refractivity contribution < 1.29 is 33.0 Å². The number of phenolic OH excluding ortho intramolecular Hbond substituents is 1. The van der Waals surface area contributed by atoms with Crippen LogP contribution in [-0.4, -0.2) is 46.9 Å². The number of carbonyl (C=O) groups is 3. The fourth-order valence-electron chi connectivity index (χ4n) is 3.06. The number of carboxylic acids is 1. The molecule has 0 aliphatic carbocycles. The van der Waals surface area contributed by atoms with Gasteiger partial charge in [-0.3, -0.25) is 14.4 Å². The Bertz CT molecular complexity index is 1400. The molecular formula is C24H22ClN3O7S. The SMILES string of the molecule is C[C@H](NN(C(=O)c1ccc(C(=O)NCc2cccc(O)c2)cc1Cl)S(=O)(=O)c1ccccc1)C(=O)O. The van der Waals surface area contributed by atoms with Crippen LogP contribution in [0.1, 0.15) is 33.2 Å². The molecule has 4 N–H and O–H groups in total. The minimum absolute atomic E-state index is 0.0495. The van der Waals surface area contributed by atoms with Gasteiger partial charge < -0.3 is 15.5 Å². The van der Waals surface area contributed by atoms with Crippen LogP contribution in [0, 0.1) is 0 Å². The molecule has 3 rings (SSSR count). The van der Waals surface area contributed by atoms with Gasteiger partial charge in [0.1, 0.15) is 11.8 Å². The lowest BCUT2D eigenvalue weighted by atomic mass is 10.1. The van der Waals surface area contributed by atoms with E-state index >= 15 is 0 Å². The zero-order valence-corrected chi connectivity index (χ0v) is 20.5. The summed E-state index contributed by atoms with van der Waals surface area (Å²) in [5.41, 5.74) is 2.68. The molecule has 3 aromatic carbocycles. The molecule has 0 saturated carbocycles. The number of benzene rings is 3. The first-order chi connectivity index (χ1) is 17.0. The molecule has 0 unspecified atom stereocenters. The lowest BCUT2D eigenvalue weighted by Gasteiger charge is -2.25. The number of nitrogens with zero attached hydrogens (tertiary/aromatic N) is 1. The largest absolute Gasteiger partial charge is 0.508 e. The number of halogens is 1. The zero-order valence-electron chi connectivity index (χ0n) is 18.9. The molecule has 0 fully saturated rings. The number of carbonyl (C=O) groups excluding carboxylic acids is 2. The molecule has 36 heavy (non-hydrogen) atoms. The highest BCUT2D eigenvalue weighted by Crippen LogP contribution is 2.23. The van der Waals surface area contributed by atoms with Crippen LogP contribution in [0.2, 0.25) is 5.02 Å². The Kier molecular flexibility index (Phi) is 8.30. The van der Waals surface area contributed by atoms with E-state index in [4.69, 9.17) is 11.6 Å². The maximum absolute atomic E-state index is 13.3. The van der Waals surface area contributed by atoms with Crippen LogP contribution >= 0.6 is 11.6 Å². The predicted octanol–water partition coefficient (Wildman–Crippen LogP) is 2.78. The maximum atomic E-state index is 13.3. The highest BCUT2D eigenvalue weighted by molar-refractivity contribution is 7.89. The molecule has 10 nitrogen and oxygen atoms in total. The van der Waals surface area contributed by atoms with Crippen LogP contribution in [0.5, 0.6) is 5.75 Å². The quantitative estimate of drug-likeness (QED) is 0.307. The summed E-state index contributed by atoms with van der Waals surface area (Å²) in [4.78, 5) is 36.9. The normalized spacial score (nSPS) is 11.9. The molecule has 0 bridgehead atoms. The minimum atomic E-state index is -4.51. The fourth-order valence-corrected chi connectivity index (χ4v) is 4.64. The van der Waals surface area contributed by atoms with Gasteiger partial charge in [-0.2, -0.15) is 12.8 Å². The van der Waals surface area contributed by atoms with Crippen LogP contribution in [0.25, 0.3) is 0 Å². The summed E-state index contributed by atoms with van der Waals surface area (Å²) in [6, 6.07) is 15.5. The second-order valence-corrected chi connectivity index (χ2v) is 9.82. The van der Waals surface area contributed by atoms with E-state index in [1.54, 1.807) is 18.2 Å². The first-order valence-electron chi connectivity index (χ1n) is 10.5. The molecular weight excluding hydrogens is 510 g/mol. The van der Waals surface area contributed by atoms with E-state index in [0.29, 0.717) is 5.56 Å². The highest BCUT2D eigenvalue weighted by Gasteiger charge is 2.34. The lowest BCUT2D eigenvalue weighted by Crippen LogP contribution is -2.52. The van der Waals surface area contributed by atoms with Crippen molar-refractivity contribution in [1.29, 1.82) is 0 Å². The van der Waals surface area contributed by atoms with Crippen molar-refractivity contribution in [3.8, 4) is 5.75 Å². The summed E-state index contributed by atoms with van der Waals surface area (Å²) in [5, 5.41) is 21.2. The zero-order chi connectivity index (χ0) is 26.5. The summed E-state index contributed by atoms with van der Waals surface area (Å²) < 4.78 is 26.5. The fraction of sp³-hybridized carbons (Fsp3) is 0.125. The van der Waals surface area contributed by atoms with Crippen molar-refractivity contribution in [2.75, 3.05) is 0 Å². The standard InChI is InChI=1S/C24H22ClN3O7S/c1-15(24(32)33)27-28(36(34,35)19-8-3-2-4-9-19)23(31)20-11-10-17(13-21(20)25)22(30)26-14-16-6-5-7-18(29)12-16/h2-13,15,27,29H,14H2,1H3,(H,26,30)(H,32,33)/t15-/m0/s1. The third-order valence-electron chi connectivity index (χ3n) is 4.97. The van der Waals surface area contributed by atoms with Gasteiger partial charge in [-0.25, -0.2) is 5.43 Å². The average Bonchev–Trinajstić information content (AvgIpc) is 2.85. The van der Waals surface area contributed by atoms with E-state index < -0.39 is 33.8 Å². The van der Waals surface area contributed by atoms with Crippen molar-refractivity contribution in [2.45, 2.75) is 24.4 Å². The van der Waals surface area contributed by atoms with E-state index in [2.05, 4.69) is 10.7 Å². The van der Waals surface area contributed by atoms with Gasteiger partial charge in [-0.05, 0) is 55.0 Å². The molecule has 0 aliphatic heterocycles. The third-order valence-corrected chi connectivity index (χ3v) is 6.91. The molecule has 0 aliphatic rings. The molecule has 2 amide bonds. The second-order valence-electron chi connectivity index (χ2n) is 7.62. The molecule has 188 valence electrons. The molecule has 3 aromatic rings. The number of carboxylic acid groups (broad SMARTS) is 1. The Hall–Kier alpha value is -3.93. The van der Waals surface area contributed by atoms with Crippen LogP contribution in [0.4, 0.5) is 0 Å². The molecule has 12 heteroatoms. The number of aromatic hydroxyl groups is 1. The Labute approximate surface area is 212 Å². The van der Waals surface area contributed by atoms with Crippen molar-refractivity contribution in [3.63, 3.8) is 0 Å². The predicted molar refractivity (Wildman–Crippen MR) is 131 cm³/mol. The second kappa shape index (κ2) is 11.2. The minimum Gasteiger partial charge on any atom is -0.508 e. The number of nitrogens with one attached hydrogen (secondary N) is 2. The van der Waals surface area contributed by atoms with Crippen LogP contribution < -0.4 is 10.7 Å². The van der Waals surface area contributed by atoms with Crippen LogP contribution in [0.15, 0.2) is 77.7 Å². The van der Waals surface area contributed by atoms with Gasteiger partial charge >= 0.3 is 5.97 Å². The number of rotatable bonds is 9. The Balaban J connectivity index is 1.87. The van der Waals surface area contributed by atoms with Crippen molar-refractivity contribution in [3.05, 3.63) is 94.5 Å². The Morgan fingerprint density at radius 1 is 1.00 bits per heavy atom. The number of hydrazine groups is 1. The van der Waals surface area contributed by atoms with E-state index in [9.17, 15) is 33.0 Å². The van der Waals surface area contributed by atoms with Gasteiger partial charge in [0.25, 0.3) is 21.8 Å². The van der Waals surface area contributed by atoms with E-state index in [1.807, 2.05) is 0 Å². The number of phenols is 1. The van der Waals surface area contributed by atoms with Gasteiger partial charge in [0.05, 0.1) is 15.5 Å². The molecule has 0 heterocycles. The summed E-state index contributed by atoms with van der Waals surface area (Å²) >= 11 is 6.25. The van der Waals surface area contributed by atoms with Crippen molar-refractivity contribution in [1.82, 2.24) is 15.2 Å². The van der Waals surface area contributed by atoms with Gasteiger partial charge in [0.15, 0.2) is 0 Å². The number of hydrogen-bond donors (Lipinski definition) is 4. The first-order valence-corrected chi connectivity index (χ1v) is 12.3. The molecule has 0 spiro atoms. The third kappa shape index (κ3) is 6.19. The molecule has 0 radical (unpaired) electrons. The highest BCUT2D eigenvalue weighted by atomic mass is 35.5. The number of aliphatic carboxylic acids is 1. The van der Waals surface area contributed by atoms with Crippen LogP contribution in [0.3, 0.4) is 0 Å². The average molecular weight is 532 g/mol. The van der Waals surface area contributed by atoms with Crippen molar-refractivity contribution >= 4 is 39.4 Å².